The van der Waals surface area contributed by atoms with Crippen LogP contribution in [0.5, 0.6) is 11.5 Å². The Labute approximate surface area is 254 Å². The summed E-state index contributed by atoms with van der Waals surface area (Å²) in [7, 11) is 0. The molecule has 3 nitrogen and oxygen atoms in total. The Kier molecular flexibility index (Phi) is 7.49. The van der Waals surface area contributed by atoms with E-state index in [9.17, 15) is 26.3 Å². The predicted molar refractivity (Wildman–Crippen MR) is 162 cm³/mol. The molecule has 0 bridgehead atoms. The molecular weight excluding hydrogens is 579 g/mol. The summed E-state index contributed by atoms with van der Waals surface area (Å²) in [6, 6.07) is 14.3. The summed E-state index contributed by atoms with van der Waals surface area (Å²) in [4.78, 5) is 0. The Hall–Kier alpha value is -3.43. The van der Waals surface area contributed by atoms with Crippen molar-refractivity contribution in [2.45, 2.75) is 91.5 Å². The van der Waals surface area contributed by atoms with E-state index in [-0.39, 0.29) is 34.9 Å². The maximum atomic E-state index is 14.2. The Morgan fingerprint density at radius 1 is 0.705 bits per heavy atom. The predicted octanol–water partition coefficient (Wildman–Crippen LogP) is 9.62. The van der Waals surface area contributed by atoms with Crippen LogP contribution in [0.1, 0.15) is 95.9 Å². The van der Waals surface area contributed by atoms with E-state index in [1.807, 2.05) is 45.9 Å². The fourth-order valence-electron chi connectivity index (χ4n) is 7.39. The van der Waals surface area contributed by atoms with Crippen molar-refractivity contribution in [3.05, 3.63) is 82.9 Å². The standard InChI is InChI=1S/C34H38BF6NO2/c1-20(2)25-12-11-13-26(21(3)4)29(25)42-30(31(5,6)19-32(42,7)8)35(43-27-14-9-10-15-28(27)44-35)24-17-22(33(36,37)38)16-23(18-24)34(39,40)41/h9-18,20-21H,19H2,1-8H3. The van der Waals surface area contributed by atoms with Crippen LogP contribution >= 0.6 is 0 Å². The zero-order chi connectivity index (χ0) is 32.6. The van der Waals surface area contributed by atoms with E-state index < -0.39 is 41.0 Å². The third-order valence-electron chi connectivity index (χ3n) is 8.82. The average Bonchev–Trinajstić information content (AvgIpc) is 3.38. The Balaban J connectivity index is 1.99. The SMILES string of the molecule is CC(C)c1cccc(C(C)C)c1[N+]1=C([B-]2(c3cc(C(F)(F)F)cc(C(F)(F)F)c3)Oc3ccccc3O2)C(C)(C)CC1(C)C. The first-order valence-electron chi connectivity index (χ1n) is 14.9. The van der Waals surface area contributed by atoms with Crippen LogP contribution < -0.4 is 14.8 Å². The second-order valence-electron chi connectivity index (χ2n) is 13.9. The molecule has 44 heavy (non-hydrogen) atoms. The molecule has 0 fully saturated rings. The van der Waals surface area contributed by atoms with Crippen molar-refractivity contribution < 1.29 is 40.2 Å². The van der Waals surface area contributed by atoms with Crippen molar-refractivity contribution in [1.29, 1.82) is 0 Å². The van der Waals surface area contributed by atoms with E-state index in [4.69, 9.17) is 9.31 Å². The second kappa shape index (κ2) is 10.3. The van der Waals surface area contributed by atoms with Gasteiger partial charge in [-0.3, -0.25) is 0 Å². The molecule has 0 amide bonds. The van der Waals surface area contributed by atoms with Crippen LogP contribution in [0.25, 0.3) is 0 Å². The normalized spacial score (nSPS) is 18.9. The molecule has 0 atom stereocenters. The van der Waals surface area contributed by atoms with E-state index in [0.29, 0.717) is 12.0 Å². The maximum absolute atomic E-state index is 14.2. The molecule has 236 valence electrons. The summed E-state index contributed by atoms with van der Waals surface area (Å²) < 4.78 is 101. The van der Waals surface area contributed by atoms with E-state index in [2.05, 4.69) is 32.3 Å². The third-order valence-corrected chi connectivity index (χ3v) is 8.82. The van der Waals surface area contributed by atoms with Crippen LogP contribution in [-0.2, 0) is 12.4 Å². The number of fused-ring (bicyclic) bond motifs is 1. The summed E-state index contributed by atoms with van der Waals surface area (Å²) in [6.45, 7) is 13.1. The lowest BCUT2D eigenvalue weighted by atomic mass is 9.42. The lowest BCUT2D eigenvalue weighted by molar-refractivity contribution is -0.515. The molecule has 0 aliphatic carbocycles. The summed E-state index contributed by atoms with van der Waals surface area (Å²) in [6.07, 6.45) is -9.54. The highest BCUT2D eigenvalue weighted by molar-refractivity contribution is 7.08. The van der Waals surface area contributed by atoms with Gasteiger partial charge in [-0.25, -0.2) is 4.58 Å². The van der Waals surface area contributed by atoms with Gasteiger partial charge < -0.3 is 9.31 Å². The number of nitrogens with zero attached hydrogens (tertiary/aromatic N) is 1. The number of hydrogen-bond acceptors (Lipinski definition) is 2. The highest BCUT2D eigenvalue weighted by Gasteiger charge is 2.63. The second-order valence-corrected chi connectivity index (χ2v) is 13.9. The van der Waals surface area contributed by atoms with Crippen molar-refractivity contribution in [3.8, 4) is 11.5 Å². The van der Waals surface area contributed by atoms with Crippen LogP contribution in [0.15, 0.2) is 60.7 Å². The first kappa shape index (κ1) is 32.0. The number of para-hydroxylation sites is 3. The van der Waals surface area contributed by atoms with Gasteiger partial charge in [-0.1, -0.05) is 84.0 Å². The topological polar surface area (TPSA) is 21.5 Å². The van der Waals surface area contributed by atoms with Gasteiger partial charge >= 0.3 is 18.9 Å². The Morgan fingerprint density at radius 2 is 1.16 bits per heavy atom. The molecule has 0 unspecified atom stereocenters. The molecule has 2 heterocycles. The molecule has 0 saturated carbocycles. The molecule has 10 heteroatoms. The summed E-state index contributed by atoms with van der Waals surface area (Å²) in [5.74, 6) is 0.655. The van der Waals surface area contributed by atoms with Gasteiger partial charge in [0.2, 0.25) is 5.69 Å². The summed E-state index contributed by atoms with van der Waals surface area (Å²) in [5.41, 5.74) is -1.12. The number of benzene rings is 3. The minimum absolute atomic E-state index is 0.0703. The minimum atomic E-state index is -5.04. The van der Waals surface area contributed by atoms with Crippen LogP contribution in [-0.4, -0.2) is 22.3 Å². The minimum Gasteiger partial charge on any atom is -0.670 e. The lowest BCUT2D eigenvalue weighted by Crippen LogP contribution is -2.68. The highest BCUT2D eigenvalue weighted by Crippen LogP contribution is 2.51. The van der Waals surface area contributed by atoms with Crippen molar-refractivity contribution in [1.82, 2.24) is 0 Å². The molecule has 0 spiro atoms. The molecular formula is C34H38BF6NO2. The largest absolute Gasteiger partial charge is 0.670 e. The molecule has 3 aromatic carbocycles. The van der Waals surface area contributed by atoms with Crippen molar-refractivity contribution in [2.24, 2.45) is 5.41 Å². The van der Waals surface area contributed by atoms with Gasteiger partial charge in [0.25, 0.3) is 0 Å². The number of hydrogen-bond donors (Lipinski definition) is 0. The van der Waals surface area contributed by atoms with Gasteiger partial charge in [-0.15, -0.1) is 5.46 Å². The average molecular weight is 617 g/mol. The Morgan fingerprint density at radius 3 is 1.57 bits per heavy atom. The summed E-state index contributed by atoms with van der Waals surface area (Å²) >= 11 is 0. The molecule has 5 rings (SSSR count). The number of rotatable bonds is 5. The molecule has 2 aliphatic rings. The molecule has 0 N–H and O–H groups in total. The van der Waals surface area contributed by atoms with Crippen molar-refractivity contribution in [2.75, 3.05) is 0 Å². The molecule has 0 saturated heterocycles. The van der Waals surface area contributed by atoms with E-state index in [1.165, 1.54) is 0 Å². The van der Waals surface area contributed by atoms with Gasteiger partial charge in [-0.2, -0.15) is 26.3 Å². The van der Waals surface area contributed by atoms with Crippen LogP contribution in [0.2, 0.25) is 0 Å². The van der Waals surface area contributed by atoms with Crippen LogP contribution in [0.3, 0.4) is 0 Å². The monoisotopic (exact) mass is 617 g/mol. The number of alkyl halides is 6. The van der Waals surface area contributed by atoms with Gasteiger partial charge in [0.05, 0.1) is 16.7 Å². The van der Waals surface area contributed by atoms with Crippen LogP contribution in [0.4, 0.5) is 32.0 Å². The summed E-state index contributed by atoms with van der Waals surface area (Å²) in [5, 5.41) is 0. The fourth-order valence-corrected chi connectivity index (χ4v) is 7.39. The zero-order valence-electron chi connectivity index (χ0n) is 26.2. The Bertz CT molecular complexity index is 1550. The van der Waals surface area contributed by atoms with Gasteiger partial charge in [-0.05, 0) is 30.0 Å². The maximum Gasteiger partial charge on any atom is 0.464 e. The molecule has 0 aromatic heterocycles. The van der Waals surface area contributed by atoms with Crippen molar-refractivity contribution in [3.63, 3.8) is 0 Å². The quantitative estimate of drug-likeness (QED) is 0.162. The van der Waals surface area contributed by atoms with E-state index in [0.717, 1.165) is 28.9 Å². The highest BCUT2D eigenvalue weighted by atomic mass is 19.4. The van der Waals surface area contributed by atoms with Gasteiger partial charge in [0, 0.05) is 36.8 Å². The first-order valence-corrected chi connectivity index (χ1v) is 14.9. The lowest BCUT2D eigenvalue weighted by Gasteiger charge is -2.40. The van der Waals surface area contributed by atoms with Crippen molar-refractivity contribution >= 4 is 23.3 Å². The van der Waals surface area contributed by atoms with Crippen LogP contribution in [0, 0.1) is 5.41 Å². The third kappa shape index (κ3) is 5.28. The molecule has 3 aromatic rings. The van der Waals surface area contributed by atoms with Gasteiger partial charge in [0.15, 0.2) is 5.54 Å². The van der Waals surface area contributed by atoms with Gasteiger partial charge in [0.1, 0.15) is 11.5 Å². The zero-order valence-corrected chi connectivity index (χ0v) is 26.2. The fraction of sp³-hybridized carbons (Fsp3) is 0.441. The molecule has 0 radical (unpaired) electrons. The van der Waals surface area contributed by atoms with E-state index in [1.54, 1.807) is 24.3 Å². The smallest absolute Gasteiger partial charge is 0.464 e. The van der Waals surface area contributed by atoms with E-state index >= 15 is 0 Å². The number of halogens is 6. The first-order chi connectivity index (χ1) is 20.2. The molecule has 2 aliphatic heterocycles.